The van der Waals surface area contributed by atoms with E-state index < -0.39 is 0 Å². The molecule has 0 saturated carbocycles. The molecule has 0 bridgehead atoms. The molecule has 0 aliphatic rings. The number of hydrogen-bond acceptors (Lipinski definition) is 2. The van der Waals surface area contributed by atoms with Gasteiger partial charge in [-0.15, -0.1) is 0 Å². The highest BCUT2D eigenvalue weighted by Crippen LogP contribution is 2.21. The molecule has 0 fully saturated rings. The van der Waals surface area contributed by atoms with E-state index >= 15 is 0 Å². The Labute approximate surface area is 118 Å². The zero-order valence-electron chi connectivity index (χ0n) is 10.7. The Hall–Kier alpha value is -0.830. The SMILES string of the molecule is CCC(NCc1cscc1C)c1cccc(Cl)c1. The summed E-state index contributed by atoms with van der Waals surface area (Å²) < 4.78 is 0. The lowest BCUT2D eigenvalue weighted by molar-refractivity contribution is 0.519. The fourth-order valence-electron chi connectivity index (χ4n) is 2.02. The zero-order valence-corrected chi connectivity index (χ0v) is 12.3. The molecule has 0 spiro atoms. The monoisotopic (exact) mass is 279 g/mol. The van der Waals surface area contributed by atoms with E-state index in [9.17, 15) is 0 Å². The molecule has 0 aliphatic heterocycles. The number of aryl methyl sites for hydroxylation is 1. The Balaban J connectivity index is 2.04. The summed E-state index contributed by atoms with van der Waals surface area (Å²) in [4.78, 5) is 0. The van der Waals surface area contributed by atoms with Crippen LogP contribution in [0.3, 0.4) is 0 Å². The Morgan fingerprint density at radius 1 is 1.33 bits per heavy atom. The van der Waals surface area contributed by atoms with Crippen molar-refractivity contribution in [3.8, 4) is 0 Å². The van der Waals surface area contributed by atoms with Gasteiger partial charge >= 0.3 is 0 Å². The molecule has 0 radical (unpaired) electrons. The summed E-state index contributed by atoms with van der Waals surface area (Å²) in [6.07, 6.45) is 1.06. The van der Waals surface area contributed by atoms with Gasteiger partial charge < -0.3 is 5.32 Å². The molecule has 96 valence electrons. The van der Waals surface area contributed by atoms with Gasteiger partial charge in [0.05, 0.1) is 0 Å². The summed E-state index contributed by atoms with van der Waals surface area (Å²) in [6.45, 7) is 5.27. The van der Waals surface area contributed by atoms with Crippen LogP contribution in [-0.4, -0.2) is 0 Å². The van der Waals surface area contributed by atoms with Gasteiger partial charge in [-0.05, 0) is 52.9 Å². The summed E-state index contributed by atoms with van der Waals surface area (Å²) in [5.41, 5.74) is 4.02. The summed E-state index contributed by atoms with van der Waals surface area (Å²) in [6, 6.07) is 8.47. The molecule has 1 N–H and O–H groups in total. The standard InChI is InChI=1S/C15H18ClNS/c1-3-15(12-5-4-6-14(16)7-12)17-8-13-10-18-9-11(13)2/h4-7,9-10,15,17H,3,8H2,1-2H3. The molecule has 18 heavy (non-hydrogen) atoms. The van der Waals surface area contributed by atoms with Crippen LogP contribution in [0.5, 0.6) is 0 Å². The van der Waals surface area contributed by atoms with Crippen molar-refractivity contribution in [2.75, 3.05) is 0 Å². The van der Waals surface area contributed by atoms with E-state index in [0.717, 1.165) is 18.0 Å². The minimum Gasteiger partial charge on any atom is -0.306 e. The third kappa shape index (κ3) is 3.35. The molecular formula is C15H18ClNS. The van der Waals surface area contributed by atoms with Crippen LogP contribution in [0.15, 0.2) is 35.0 Å². The maximum atomic E-state index is 6.04. The topological polar surface area (TPSA) is 12.0 Å². The first kappa shape index (κ1) is 13.6. The highest BCUT2D eigenvalue weighted by molar-refractivity contribution is 7.08. The molecule has 1 heterocycles. The quantitative estimate of drug-likeness (QED) is 0.816. The molecule has 1 nitrogen and oxygen atoms in total. The van der Waals surface area contributed by atoms with E-state index in [1.54, 1.807) is 11.3 Å². The summed E-state index contributed by atoms with van der Waals surface area (Å²) >= 11 is 7.81. The van der Waals surface area contributed by atoms with Gasteiger partial charge in [-0.2, -0.15) is 11.3 Å². The maximum absolute atomic E-state index is 6.04. The number of hydrogen-bond donors (Lipinski definition) is 1. The molecule has 2 rings (SSSR count). The van der Waals surface area contributed by atoms with Gasteiger partial charge in [-0.25, -0.2) is 0 Å². The average molecular weight is 280 g/mol. The number of halogens is 1. The first-order valence-electron chi connectivity index (χ1n) is 6.21. The second-order valence-corrected chi connectivity index (χ2v) is 5.66. The fourth-order valence-corrected chi connectivity index (χ4v) is 3.08. The summed E-state index contributed by atoms with van der Waals surface area (Å²) in [5, 5.41) is 8.82. The number of thiophene rings is 1. The molecule has 1 atom stereocenters. The van der Waals surface area contributed by atoms with Gasteiger partial charge in [-0.3, -0.25) is 0 Å². The van der Waals surface area contributed by atoms with E-state index in [0.29, 0.717) is 6.04 Å². The van der Waals surface area contributed by atoms with Crippen molar-refractivity contribution in [3.05, 3.63) is 56.7 Å². The highest BCUT2D eigenvalue weighted by Gasteiger charge is 2.09. The lowest BCUT2D eigenvalue weighted by Crippen LogP contribution is -2.20. The molecular weight excluding hydrogens is 262 g/mol. The Bertz CT molecular complexity index is 507. The van der Waals surface area contributed by atoms with Crippen molar-refractivity contribution in [2.45, 2.75) is 32.9 Å². The highest BCUT2D eigenvalue weighted by atomic mass is 35.5. The van der Waals surface area contributed by atoms with E-state index in [1.165, 1.54) is 16.7 Å². The first-order chi connectivity index (χ1) is 8.70. The second-order valence-electron chi connectivity index (χ2n) is 4.48. The van der Waals surface area contributed by atoms with Crippen molar-refractivity contribution >= 4 is 22.9 Å². The fraction of sp³-hybridized carbons (Fsp3) is 0.333. The van der Waals surface area contributed by atoms with Crippen molar-refractivity contribution < 1.29 is 0 Å². The van der Waals surface area contributed by atoms with Crippen LogP contribution in [0.4, 0.5) is 0 Å². The average Bonchev–Trinajstić information content (AvgIpc) is 2.76. The van der Waals surface area contributed by atoms with Gasteiger partial charge in [-0.1, -0.05) is 30.7 Å². The molecule has 3 heteroatoms. The summed E-state index contributed by atoms with van der Waals surface area (Å²) in [5.74, 6) is 0. The van der Waals surface area contributed by atoms with E-state index in [2.05, 4.69) is 36.0 Å². The van der Waals surface area contributed by atoms with Crippen LogP contribution in [0.2, 0.25) is 5.02 Å². The van der Waals surface area contributed by atoms with E-state index in [1.807, 2.05) is 18.2 Å². The van der Waals surface area contributed by atoms with Crippen LogP contribution in [-0.2, 0) is 6.54 Å². The van der Waals surface area contributed by atoms with Crippen molar-refractivity contribution in [2.24, 2.45) is 0 Å². The second kappa shape index (κ2) is 6.37. The van der Waals surface area contributed by atoms with Crippen molar-refractivity contribution in [1.82, 2.24) is 5.32 Å². The van der Waals surface area contributed by atoms with Gasteiger partial charge in [0.2, 0.25) is 0 Å². The third-order valence-electron chi connectivity index (χ3n) is 3.16. The van der Waals surface area contributed by atoms with Gasteiger partial charge in [0.1, 0.15) is 0 Å². The predicted molar refractivity (Wildman–Crippen MR) is 80.4 cm³/mol. The van der Waals surface area contributed by atoms with Crippen molar-refractivity contribution in [3.63, 3.8) is 0 Å². The molecule has 0 aliphatic carbocycles. The maximum Gasteiger partial charge on any atom is 0.0409 e. The predicted octanol–water partition coefficient (Wildman–Crippen LogP) is 4.95. The van der Waals surface area contributed by atoms with E-state index in [4.69, 9.17) is 11.6 Å². The van der Waals surface area contributed by atoms with Crippen LogP contribution in [0.1, 0.15) is 36.1 Å². The van der Waals surface area contributed by atoms with E-state index in [-0.39, 0.29) is 0 Å². The molecule has 0 amide bonds. The first-order valence-corrected chi connectivity index (χ1v) is 7.53. The molecule has 1 aromatic carbocycles. The normalized spacial score (nSPS) is 12.6. The van der Waals surface area contributed by atoms with Crippen LogP contribution in [0, 0.1) is 6.92 Å². The molecule has 2 aromatic rings. The summed E-state index contributed by atoms with van der Waals surface area (Å²) in [7, 11) is 0. The Morgan fingerprint density at radius 2 is 2.17 bits per heavy atom. The Kier molecular flexibility index (Phi) is 4.81. The molecule has 0 saturated heterocycles. The number of benzene rings is 1. The lowest BCUT2D eigenvalue weighted by atomic mass is 10.0. The van der Waals surface area contributed by atoms with Crippen LogP contribution in [0.25, 0.3) is 0 Å². The van der Waals surface area contributed by atoms with Gasteiger partial charge in [0.15, 0.2) is 0 Å². The van der Waals surface area contributed by atoms with Crippen LogP contribution < -0.4 is 5.32 Å². The molecule has 1 unspecified atom stereocenters. The number of nitrogens with one attached hydrogen (secondary N) is 1. The zero-order chi connectivity index (χ0) is 13.0. The van der Waals surface area contributed by atoms with Crippen LogP contribution >= 0.6 is 22.9 Å². The smallest absolute Gasteiger partial charge is 0.0409 e. The lowest BCUT2D eigenvalue weighted by Gasteiger charge is -2.17. The minimum absolute atomic E-state index is 0.364. The van der Waals surface area contributed by atoms with Gasteiger partial charge in [0, 0.05) is 17.6 Å². The third-order valence-corrected chi connectivity index (χ3v) is 4.31. The van der Waals surface area contributed by atoms with Crippen molar-refractivity contribution in [1.29, 1.82) is 0 Å². The largest absolute Gasteiger partial charge is 0.306 e. The number of rotatable bonds is 5. The van der Waals surface area contributed by atoms with Gasteiger partial charge in [0.25, 0.3) is 0 Å². The Morgan fingerprint density at radius 3 is 2.78 bits per heavy atom. The minimum atomic E-state index is 0.364. The molecule has 1 aromatic heterocycles.